The molecule has 1 aromatic rings. The van der Waals surface area contributed by atoms with Crippen molar-refractivity contribution < 1.29 is 9.90 Å². The van der Waals surface area contributed by atoms with Crippen molar-refractivity contribution in [3.63, 3.8) is 0 Å². The molecule has 1 aliphatic heterocycles. The summed E-state index contributed by atoms with van der Waals surface area (Å²) >= 11 is 0. The van der Waals surface area contributed by atoms with Gasteiger partial charge in [0.15, 0.2) is 0 Å². The highest BCUT2D eigenvalue weighted by atomic mass is 16.4. The highest BCUT2D eigenvalue weighted by Gasteiger charge is 2.41. The number of aromatic nitrogens is 3. The average molecular weight is 294 g/mol. The second-order valence-corrected chi connectivity index (χ2v) is 6.36. The summed E-state index contributed by atoms with van der Waals surface area (Å²) in [6, 6.07) is 0.271. The van der Waals surface area contributed by atoms with Crippen LogP contribution < -0.4 is 0 Å². The smallest absolute Gasteiger partial charge is 0.310 e. The lowest BCUT2D eigenvalue weighted by atomic mass is 9.76. The molecule has 2 rings (SSSR count). The van der Waals surface area contributed by atoms with Gasteiger partial charge in [0.25, 0.3) is 0 Å². The molecular weight excluding hydrogens is 268 g/mol. The molecule has 1 aromatic heterocycles. The summed E-state index contributed by atoms with van der Waals surface area (Å²) in [6.07, 6.45) is 4.94. The van der Waals surface area contributed by atoms with Crippen LogP contribution in [0.4, 0.5) is 0 Å². The zero-order chi connectivity index (χ0) is 15.5. The van der Waals surface area contributed by atoms with Crippen LogP contribution in [-0.4, -0.2) is 43.8 Å². The fourth-order valence-electron chi connectivity index (χ4n) is 3.34. The first kappa shape index (κ1) is 15.9. The van der Waals surface area contributed by atoms with Crippen molar-refractivity contribution in [3.05, 3.63) is 12.2 Å². The van der Waals surface area contributed by atoms with Crippen molar-refractivity contribution >= 4 is 5.97 Å². The SMILES string of the molecule is CCCC1(C(=O)O)CCCN(Cc2ncnn2C(C)C)C1. The molecular formula is C15H26N4O2. The van der Waals surface area contributed by atoms with Gasteiger partial charge < -0.3 is 5.11 Å². The third-order valence-corrected chi connectivity index (χ3v) is 4.34. The molecule has 0 spiro atoms. The van der Waals surface area contributed by atoms with E-state index in [-0.39, 0.29) is 6.04 Å². The molecule has 0 radical (unpaired) electrons. The van der Waals surface area contributed by atoms with Gasteiger partial charge in [0.05, 0.1) is 12.0 Å². The Morgan fingerprint density at radius 2 is 2.29 bits per heavy atom. The Morgan fingerprint density at radius 1 is 1.52 bits per heavy atom. The van der Waals surface area contributed by atoms with Gasteiger partial charge in [0.2, 0.25) is 0 Å². The number of hydrogen-bond donors (Lipinski definition) is 1. The fraction of sp³-hybridized carbons (Fsp3) is 0.800. The maximum absolute atomic E-state index is 11.7. The molecule has 118 valence electrons. The summed E-state index contributed by atoms with van der Waals surface area (Å²) in [5, 5.41) is 13.9. The Labute approximate surface area is 126 Å². The molecule has 6 heteroatoms. The van der Waals surface area contributed by atoms with Gasteiger partial charge in [-0.3, -0.25) is 9.69 Å². The van der Waals surface area contributed by atoms with Crippen LogP contribution in [0.15, 0.2) is 6.33 Å². The predicted molar refractivity (Wildman–Crippen MR) is 79.9 cm³/mol. The van der Waals surface area contributed by atoms with Crippen LogP contribution in [0.1, 0.15) is 58.3 Å². The van der Waals surface area contributed by atoms with E-state index < -0.39 is 11.4 Å². The van der Waals surface area contributed by atoms with Gasteiger partial charge in [-0.15, -0.1) is 0 Å². The molecule has 0 aliphatic carbocycles. The van der Waals surface area contributed by atoms with E-state index in [0.717, 1.165) is 38.1 Å². The summed E-state index contributed by atoms with van der Waals surface area (Å²) in [5.74, 6) is 0.266. The number of aliphatic carboxylic acids is 1. The molecule has 1 saturated heterocycles. The molecule has 1 aliphatic rings. The van der Waals surface area contributed by atoms with Crippen LogP contribution in [0, 0.1) is 5.41 Å². The van der Waals surface area contributed by atoms with E-state index in [1.807, 2.05) is 4.68 Å². The van der Waals surface area contributed by atoms with Gasteiger partial charge in [-0.25, -0.2) is 9.67 Å². The minimum Gasteiger partial charge on any atom is -0.481 e. The fourth-order valence-corrected chi connectivity index (χ4v) is 3.34. The minimum absolute atomic E-state index is 0.271. The Kier molecular flexibility index (Phi) is 4.98. The van der Waals surface area contributed by atoms with Crippen molar-refractivity contribution in [3.8, 4) is 0 Å². The maximum Gasteiger partial charge on any atom is 0.310 e. The summed E-state index contributed by atoms with van der Waals surface area (Å²) in [7, 11) is 0. The van der Waals surface area contributed by atoms with Crippen LogP contribution in [-0.2, 0) is 11.3 Å². The van der Waals surface area contributed by atoms with Crippen molar-refractivity contribution in [2.75, 3.05) is 13.1 Å². The zero-order valence-corrected chi connectivity index (χ0v) is 13.2. The molecule has 0 bridgehead atoms. The number of carboxylic acids is 1. The molecule has 1 N–H and O–H groups in total. The first-order valence-corrected chi connectivity index (χ1v) is 7.82. The molecule has 2 heterocycles. The second-order valence-electron chi connectivity index (χ2n) is 6.36. The van der Waals surface area contributed by atoms with E-state index in [9.17, 15) is 9.90 Å². The molecule has 0 amide bonds. The predicted octanol–water partition coefficient (Wildman–Crippen LogP) is 2.33. The number of hydrogen-bond acceptors (Lipinski definition) is 4. The molecule has 0 aromatic carbocycles. The van der Waals surface area contributed by atoms with E-state index in [1.54, 1.807) is 6.33 Å². The molecule has 21 heavy (non-hydrogen) atoms. The monoisotopic (exact) mass is 294 g/mol. The van der Waals surface area contributed by atoms with E-state index in [4.69, 9.17) is 0 Å². The first-order chi connectivity index (χ1) is 9.98. The third kappa shape index (κ3) is 3.43. The van der Waals surface area contributed by atoms with Crippen molar-refractivity contribution in [2.24, 2.45) is 5.41 Å². The molecule has 1 atom stereocenters. The quantitative estimate of drug-likeness (QED) is 0.872. The van der Waals surface area contributed by atoms with Gasteiger partial charge in [-0.1, -0.05) is 13.3 Å². The van der Waals surface area contributed by atoms with Crippen LogP contribution in [0.5, 0.6) is 0 Å². The van der Waals surface area contributed by atoms with Crippen molar-refractivity contribution in [2.45, 2.75) is 59.0 Å². The lowest BCUT2D eigenvalue weighted by Crippen LogP contribution is -2.47. The molecule has 6 nitrogen and oxygen atoms in total. The zero-order valence-electron chi connectivity index (χ0n) is 13.2. The topological polar surface area (TPSA) is 71.2 Å². The van der Waals surface area contributed by atoms with Crippen LogP contribution in [0.2, 0.25) is 0 Å². The number of nitrogens with zero attached hydrogens (tertiary/aromatic N) is 4. The Balaban J connectivity index is 2.10. The third-order valence-electron chi connectivity index (χ3n) is 4.34. The number of rotatable bonds is 6. The van der Waals surface area contributed by atoms with E-state index in [0.29, 0.717) is 13.1 Å². The number of carboxylic acid groups (broad SMARTS) is 1. The Morgan fingerprint density at radius 3 is 2.90 bits per heavy atom. The lowest BCUT2D eigenvalue weighted by molar-refractivity contribution is -0.153. The molecule has 0 saturated carbocycles. The Bertz CT molecular complexity index is 482. The highest BCUT2D eigenvalue weighted by molar-refractivity contribution is 5.75. The summed E-state index contributed by atoms with van der Waals surface area (Å²) in [5.41, 5.74) is -0.588. The molecule has 1 fully saturated rings. The van der Waals surface area contributed by atoms with Gasteiger partial charge in [-0.2, -0.15) is 5.10 Å². The van der Waals surface area contributed by atoms with Crippen LogP contribution >= 0.6 is 0 Å². The van der Waals surface area contributed by atoms with Crippen LogP contribution in [0.25, 0.3) is 0 Å². The second kappa shape index (κ2) is 6.56. The number of likely N-dealkylation sites (tertiary alicyclic amines) is 1. The van der Waals surface area contributed by atoms with Gasteiger partial charge in [0, 0.05) is 12.6 Å². The number of piperidine rings is 1. The summed E-state index contributed by atoms with van der Waals surface area (Å²) in [4.78, 5) is 18.3. The highest BCUT2D eigenvalue weighted by Crippen LogP contribution is 2.35. The largest absolute Gasteiger partial charge is 0.481 e. The first-order valence-electron chi connectivity index (χ1n) is 7.82. The maximum atomic E-state index is 11.7. The minimum atomic E-state index is -0.653. The normalized spacial score (nSPS) is 23.6. The number of carbonyl (C=O) groups is 1. The van der Waals surface area contributed by atoms with Crippen molar-refractivity contribution in [1.82, 2.24) is 19.7 Å². The van der Waals surface area contributed by atoms with E-state index in [2.05, 4.69) is 35.8 Å². The average Bonchev–Trinajstić information content (AvgIpc) is 2.87. The van der Waals surface area contributed by atoms with Gasteiger partial charge in [-0.05, 0) is 39.7 Å². The van der Waals surface area contributed by atoms with Gasteiger partial charge >= 0.3 is 5.97 Å². The Hall–Kier alpha value is -1.43. The van der Waals surface area contributed by atoms with Gasteiger partial charge in [0.1, 0.15) is 12.2 Å². The molecule has 1 unspecified atom stereocenters. The van der Waals surface area contributed by atoms with Crippen molar-refractivity contribution in [1.29, 1.82) is 0 Å². The standard InChI is InChI=1S/C15H26N4O2/c1-4-6-15(14(20)21)7-5-8-18(10-15)9-13-16-11-17-19(13)12(2)3/h11-12H,4-10H2,1-3H3,(H,20,21). The lowest BCUT2D eigenvalue weighted by Gasteiger charge is -2.39. The van der Waals surface area contributed by atoms with E-state index >= 15 is 0 Å². The summed E-state index contributed by atoms with van der Waals surface area (Å²) < 4.78 is 1.91. The summed E-state index contributed by atoms with van der Waals surface area (Å²) in [6.45, 7) is 8.43. The van der Waals surface area contributed by atoms with Crippen LogP contribution in [0.3, 0.4) is 0 Å². The van der Waals surface area contributed by atoms with E-state index in [1.165, 1.54) is 0 Å².